The van der Waals surface area contributed by atoms with Crippen molar-refractivity contribution in [3.8, 4) is 11.1 Å². The van der Waals surface area contributed by atoms with Crippen LogP contribution in [0.5, 0.6) is 0 Å². The second-order valence-electron chi connectivity index (χ2n) is 9.84. The number of hydrogen-bond acceptors (Lipinski definition) is 3. The number of nitrogens with zero attached hydrogens (tertiary/aromatic N) is 1. The third kappa shape index (κ3) is 3.91. The molecule has 0 radical (unpaired) electrons. The molecule has 0 unspecified atom stereocenters. The Morgan fingerprint density at radius 1 is 1.06 bits per heavy atom. The molecule has 0 saturated carbocycles. The van der Waals surface area contributed by atoms with Gasteiger partial charge in [0.2, 0.25) is 0 Å². The molecule has 1 aromatic heterocycles. The molecule has 1 aliphatic rings. The summed E-state index contributed by atoms with van der Waals surface area (Å²) in [7, 11) is -1.79. The third-order valence-electron chi connectivity index (χ3n) is 6.73. The Morgan fingerprint density at radius 2 is 1.75 bits per heavy atom. The van der Waals surface area contributed by atoms with E-state index in [-0.39, 0.29) is 18.3 Å². The number of imide groups is 1. The van der Waals surface area contributed by atoms with Crippen molar-refractivity contribution in [3.63, 3.8) is 0 Å². The van der Waals surface area contributed by atoms with Crippen LogP contribution in [0.4, 0.5) is 0 Å². The topological polar surface area (TPSA) is 60.3 Å². The summed E-state index contributed by atoms with van der Waals surface area (Å²) in [6, 6.07) is 11.3. The average molecular weight is 471 g/mol. The average Bonchev–Trinajstić information content (AvgIpc) is 3.24. The largest absolute Gasteiger partial charge is 0.417 e. The van der Waals surface area contributed by atoms with Crippen LogP contribution in [0, 0.1) is 0 Å². The molecule has 0 aliphatic carbocycles. The Balaban J connectivity index is 0.00000306. The molecule has 2 amide bonds. The van der Waals surface area contributed by atoms with Crippen molar-refractivity contribution in [1.29, 1.82) is 0 Å². The number of fused-ring (bicyclic) bond motifs is 3. The van der Waals surface area contributed by atoms with Gasteiger partial charge in [-0.3, -0.25) is 14.9 Å². The highest BCUT2D eigenvalue weighted by molar-refractivity contribution is 6.74. The summed E-state index contributed by atoms with van der Waals surface area (Å²) in [5.74, 6) is -0.736. The highest BCUT2D eigenvalue weighted by atomic mass is 35.5. The number of benzene rings is 2. The van der Waals surface area contributed by atoms with Crippen molar-refractivity contribution < 1.29 is 15.4 Å². The standard InChI is InChI=1S/C25H29ClN2O3Si.H2/c1-25(2,3)32(4,5)31-14-8-12-28-13-11-17-20(28)15-18(16-9-6-7-10-19(16)26)22-21(17)23(29)27-24(22)30;/h6-7,9-11,13,15H,8,12,14H2,1-5H3,(H,27,29,30);1H. The molecular weight excluding hydrogens is 440 g/mol. The van der Waals surface area contributed by atoms with Gasteiger partial charge in [-0.15, -0.1) is 0 Å². The molecule has 1 aliphatic heterocycles. The Labute approximate surface area is 196 Å². The van der Waals surface area contributed by atoms with Crippen LogP contribution in [0.1, 0.15) is 49.3 Å². The monoisotopic (exact) mass is 470 g/mol. The second kappa shape index (κ2) is 8.18. The molecule has 2 heterocycles. The van der Waals surface area contributed by atoms with Crippen LogP contribution < -0.4 is 5.32 Å². The normalized spacial score (nSPS) is 14.2. The molecule has 0 atom stereocenters. The van der Waals surface area contributed by atoms with E-state index in [1.54, 1.807) is 6.07 Å². The Kier molecular flexibility index (Phi) is 5.82. The minimum absolute atomic E-state index is 0. The van der Waals surface area contributed by atoms with E-state index in [1.807, 2.05) is 36.5 Å². The summed E-state index contributed by atoms with van der Waals surface area (Å²) < 4.78 is 8.44. The van der Waals surface area contributed by atoms with Crippen LogP contribution >= 0.6 is 11.6 Å². The van der Waals surface area contributed by atoms with E-state index in [4.69, 9.17) is 16.0 Å². The van der Waals surface area contributed by atoms with Crippen molar-refractivity contribution >= 4 is 42.6 Å². The summed E-state index contributed by atoms with van der Waals surface area (Å²) in [4.78, 5) is 25.3. The maximum absolute atomic E-state index is 12.6. The number of halogens is 1. The van der Waals surface area contributed by atoms with Crippen molar-refractivity contribution in [2.45, 2.75) is 51.9 Å². The SMILES string of the molecule is CC(C)(C)[Si](C)(C)OCCCn1ccc2c3c(c(-c4ccccc4Cl)cc21)C(=O)NC3=O.[HH]. The van der Waals surface area contributed by atoms with Gasteiger partial charge in [-0.05, 0) is 48.3 Å². The predicted molar refractivity (Wildman–Crippen MR) is 134 cm³/mol. The van der Waals surface area contributed by atoms with Gasteiger partial charge < -0.3 is 8.99 Å². The lowest BCUT2D eigenvalue weighted by Gasteiger charge is -2.36. The summed E-state index contributed by atoms with van der Waals surface area (Å²) >= 11 is 6.46. The van der Waals surface area contributed by atoms with Gasteiger partial charge in [0.25, 0.3) is 11.8 Å². The van der Waals surface area contributed by atoms with Crippen LogP contribution in [0.2, 0.25) is 23.2 Å². The summed E-state index contributed by atoms with van der Waals surface area (Å²) in [5, 5.41) is 3.95. The first-order chi connectivity index (χ1) is 15.0. The Bertz CT molecular complexity index is 1230. The molecule has 4 rings (SSSR count). The summed E-state index contributed by atoms with van der Waals surface area (Å²) in [6.45, 7) is 12.7. The number of aryl methyl sites for hydroxylation is 1. The van der Waals surface area contributed by atoms with Crippen LogP contribution in [0.25, 0.3) is 22.0 Å². The molecule has 32 heavy (non-hydrogen) atoms. The smallest absolute Gasteiger partial charge is 0.259 e. The molecule has 0 bridgehead atoms. The predicted octanol–water partition coefficient (Wildman–Crippen LogP) is 6.50. The maximum Gasteiger partial charge on any atom is 0.259 e. The highest BCUT2D eigenvalue weighted by Gasteiger charge is 2.37. The summed E-state index contributed by atoms with van der Waals surface area (Å²) in [5.41, 5.74) is 3.16. The zero-order valence-electron chi connectivity index (χ0n) is 19.2. The van der Waals surface area contributed by atoms with Gasteiger partial charge in [-0.1, -0.05) is 50.6 Å². The van der Waals surface area contributed by atoms with E-state index in [0.717, 1.165) is 29.4 Å². The van der Waals surface area contributed by atoms with E-state index in [1.165, 1.54) is 0 Å². The van der Waals surface area contributed by atoms with E-state index in [2.05, 4.69) is 43.7 Å². The molecule has 0 saturated heterocycles. The van der Waals surface area contributed by atoms with Crippen LogP contribution in [0.15, 0.2) is 42.6 Å². The van der Waals surface area contributed by atoms with Crippen molar-refractivity contribution in [2.24, 2.45) is 0 Å². The molecule has 1 N–H and O–H groups in total. The van der Waals surface area contributed by atoms with Gasteiger partial charge >= 0.3 is 0 Å². The van der Waals surface area contributed by atoms with Gasteiger partial charge in [-0.2, -0.15) is 0 Å². The molecule has 170 valence electrons. The minimum Gasteiger partial charge on any atom is -0.417 e. The van der Waals surface area contributed by atoms with E-state index < -0.39 is 8.32 Å². The maximum atomic E-state index is 12.6. The number of aromatic nitrogens is 1. The number of carbonyl (C=O) groups excluding carboxylic acids is 2. The molecule has 0 fully saturated rings. The van der Waals surface area contributed by atoms with Gasteiger partial charge in [-0.25, -0.2) is 0 Å². The third-order valence-corrected chi connectivity index (χ3v) is 11.6. The van der Waals surface area contributed by atoms with Crippen molar-refractivity contribution in [1.82, 2.24) is 9.88 Å². The van der Waals surface area contributed by atoms with Crippen molar-refractivity contribution in [3.05, 3.63) is 58.7 Å². The molecule has 3 aromatic rings. The lowest BCUT2D eigenvalue weighted by molar-refractivity contribution is 0.0880. The fourth-order valence-electron chi connectivity index (χ4n) is 3.90. The molecule has 7 heteroatoms. The lowest BCUT2D eigenvalue weighted by atomic mass is 9.94. The van der Waals surface area contributed by atoms with E-state index >= 15 is 0 Å². The van der Waals surface area contributed by atoms with Gasteiger partial charge in [0.05, 0.1) is 11.1 Å². The quantitative estimate of drug-likeness (QED) is 0.254. The molecule has 2 aromatic carbocycles. The fraction of sp³-hybridized carbons (Fsp3) is 0.360. The van der Waals surface area contributed by atoms with Crippen LogP contribution in [0.3, 0.4) is 0 Å². The molecular formula is C25H31ClN2O3Si. The Morgan fingerprint density at radius 3 is 2.44 bits per heavy atom. The first-order valence-electron chi connectivity index (χ1n) is 10.9. The number of amides is 2. The van der Waals surface area contributed by atoms with Gasteiger partial charge in [0.1, 0.15) is 0 Å². The number of carbonyl (C=O) groups is 2. The van der Waals surface area contributed by atoms with Crippen molar-refractivity contribution in [2.75, 3.05) is 6.61 Å². The number of nitrogens with one attached hydrogen (secondary N) is 1. The molecule has 0 spiro atoms. The minimum atomic E-state index is -1.79. The second-order valence-corrected chi connectivity index (χ2v) is 15.1. The van der Waals surface area contributed by atoms with Gasteiger partial charge in [0, 0.05) is 42.3 Å². The Hall–Kier alpha value is -2.41. The lowest BCUT2D eigenvalue weighted by Crippen LogP contribution is -2.41. The molecule has 5 nitrogen and oxygen atoms in total. The highest BCUT2D eigenvalue weighted by Crippen LogP contribution is 2.39. The first-order valence-corrected chi connectivity index (χ1v) is 14.2. The first kappa shape index (κ1) is 22.8. The van der Waals surface area contributed by atoms with Crippen LogP contribution in [-0.2, 0) is 11.0 Å². The zero-order chi connectivity index (χ0) is 23.3. The summed E-state index contributed by atoms with van der Waals surface area (Å²) in [6.07, 6.45) is 2.84. The van der Waals surface area contributed by atoms with E-state index in [0.29, 0.717) is 28.3 Å². The zero-order valence-corrected chi connectivity index (χ0v) is 21.0. The van der Waals surface area contributed by atoms with Crippen LogP contribution in [-0.4, -0.2) is 31.3 Å². The number of rotatable bonds is 6. The van der Waals surface area contributed by atoms with Gasteiger partial charge in [0.15, 0.2) is 8.32 Å². The van der Waals surface area contributed by atoms with E-state index in [9.17, 15) is 9.59 Å². The fourth-order valence-corrected chi connectivity index (χ4v) is 5.23. The number of hydrogen-bond donors (Lipinski definition) is 1.